The Hall–Kier alpha value is -4.66. The molecule has 0 spiro atoms. The van der Waals surface area contributed by atoms with Gasteiger partial charge in [-0.1, -0.05) is 29.3 Å². The van der Waals surface area contributed by atoms with E-state index < -0.39 is 11.9 Å². The largest absolute Gasteiger partial charge is 0.490 e. The molecule has 0 aliphatic heterocycles. The minimum atomic E-state index is -0.558. The van der Waals surface area contributed by atoms with Crippen molar-refractivity contribution >= 4 is 52.9 Å². The zero-order chi connectivity index (χ0) is 28.5. The second-order valence-corrected chi connectivity index (χ2v) is 9.15. The molecule has 8 nitrogen and oxygen atoms in total. The van der Waals surface area contributed by atoms with E-state index >= 15 is 0 Å². The molecule has 0 aromatic heterocycles. The zero-order valence-electron chi connectivity index (χ0n) is 21.2. The summed E-state index contributed by atoms with van der Waals surface area (Å²) in [7, 11) is 0. The Bertz CT molecular complexity index is 1550. The molecule has 2 amide bonds. The summed E-state index contributed by atoms with van der Waals surface area (Å²) in [4.78, 5) is 37.6. The number of halogens is 2. The van der Waals surface area contributed by atoms with Crippen LogP contribution in [0.1, 0.15) is 43.6 Å². The van der Waals surface area contributed by atoms with Crippen LogP contribution in [0.25, 0.3) is 0 Å². The molecule has 0 saturated carbocycles. The van der Waals surface area contributed by atoms with Crippen LogP contribution in [0.15, 0.2) is 96.1 Å². The lowest BCUT2D eigenvalue weighted by molar-refractivity contribution is 0.0728. The molecular formula is C30H23Cl2N3O5. The van der Waals surface area contributed by atoms with Crippen molar-refractivity contribution in [3.05, 3.63) is 123 Å². The highest BCUT2D eigenvalue weighted by Crippen LogP contribution is 2.29. The fourth-order valence-corrected chi connectivity index (χ4v) is 3.73. The Morgan fingerprint density at radius 1 is 0.775 bits per heavy atom. The standard InChI is InChI=1S/C30H23Cl2N3O5/c1-2-39-27-16-19(6-15-26(27)40-30(38)21-9-13-24(32)14-10-21)18-33-35-29(37)22-4-3-5-25(17-22)34-28(36)20-7-11-23(31)12-8-20/h3-18H,2H2,1H3,(H,34,36)(H,35,37). The van der Waals surface area contributed by atoms with Crippen LogP contribution in [0.3, 0.4) is 0 Å². The Morgan fingerprint density at radius 2 is 1.45 bits per heavy atom. The van der Waals surface area contributed by atoms with Crippen LogP contribution < -0.4 is 20.2 Å². The molecule has 4 aromatic carbocycles. The Labute approximate surface area is 240 Å². The molecule has 2 N–H and O–H groups in total. The van der Waals surface area contributed by atoms with Crippen LogP contribution in [0.4, 0.5) is 5.69 Å². The summed E-state index contributed by atoms with van der Waals surface area (Å²) in [5.74, 6) is -0.792. The molecule has 0 bridgehead atoms. The van der Waals surface area contributed by atoms with Gasteiger partial charge in [0.15, 0.2) is 11.5 Å². The predicted octanol–water partition coefficient (Wildman–Crippen LogP) is 6.63. The Morgan fingerprint density at radius 3 is 2.12 bits per heavy atom. The molecule has 0 saturated heterocycles. The molecular weight excluding hydrogens is 553 g/mol. The van der Waals surface area contributed by atoms with Crippen molar-refractivity contribution in [1.82, 2.24) is 5.43 Å². The number of nitrogens with one attached hydrogen (secondary N) is 2. The molecule has 0 unspecified atom stereocenters. The molecule has 0 fully saturated rings. The molecule has 0 atom stereocenters. The molecule has 202 valence electrons. The van der Waals surface area contributed by atoms with Crippen molar-refractivity contribution < 1.29 is 23.9 Å². The minimum absolute atomic E-state index is 0.237. The van der Waals surface area contributed by atoms with Gasteiger partial charge in [-0.15, -0.1) is 0 Å². The lowest BCUT2D eigenvalue weighted by atomic mass is 10.1. The van der Waals surface area contributed by atoms with Crippen molar-refractivity contribution in [3.8, 4) is 11.5 Å². The maximum atomic E-state index is 12.6. The highest BCUT2D eigenvalue weighted by Gasteiger charge is 2.14. The lowest BCUT2D eigenvalue weighted by Gasteiger charge is -2.11. The van der Waals surface area contributed by atoms with Gasteiger partial charge in [0.1, 0.15) is 0 Å². The molecule has 40 heavy (non-hydrogen) atoms. The van der Waals surface area contributed by atoms with E-state index in [-0.39, 0.29) is 11.7 Å². The van der Waals surface area contributed by atoms with Crippen LogP contribution in [0.2, 0.25) is 10.0 Å². The van der Waals surface area contributed by atoms with E-state index in [1.54, 1.807) is 91.9 Å². The van der Waals surface area contributed by atoms with Gasteiger partial charge in [-0.3, -0.25) is 9.59 Å². The van der Waals surface area contributed by atoms with Crippen LogP contribution >= 0.6 is 23.2 Å². The number of ether oxygens (including phenoxy) is 2. The average molecular weight is 576 g/mol. The van der Waals surface area contributed by atoms with E-state index in [1.165, 1.54) is 12.3 Å². The predicted molar refractivity (Wildman–Crippen MR) is 155 cm³/mol. The van der Waals surface area contributed by atoms with Crippen LogP contribution in [0, 0.1) is 0 Å². The fourth-order valence-electron chi connectivity index (χ4n) is 3.48. The van der Waals surface area contributed by atoms with Gasteiger partial charge < -0.3 is 14.8 Å². The number of hydrogen-bond donors (Lipinski definition) is 2. The third-order valence-electron chi connectivity index (χ3n) is 5.42. The number of amides is 2. The minimum Gasteiger partial charge on any atom is -0.490 e. The van der Waals surface area contributed by atoms with Gasteiger partial charge in [0.2, 0.25) is 0 Å². The van der Waals surface area contributed by atoms with Crippen molar-refractivity contribution in [1.29, 1.82) is 0 Å². The molecule has 0 aliphatic rings. The van der Waals surface area contributed by atoms with E-state index in [9.17, 15) is 14.4 Å². The maximum Gasteiger partial charge on any atom is 0.343 e. The van der Waals surface area contributed by atoms with Crippen molar-refractivity contribution in [3.63, 3.8) is 0 Å². The number of carbonyl (C=O) groups is 3. The summed E-state index contributed by atoms with van der Waals surface area (Å²) in [6, 6.07) is 24.1. The van der Waals surface area contributed by atoms with Gasteiger partial charge in [-0.05, 0) is 97.4 Å². The molecule has 4 rings (SSSR count). The first-order chi connectivity index (χ1) is 19.3. The summed E-state index contributed by atoms with van der Waals surface area (Å²) in [5, 5.41) is 7.80. The van der Waals surface area contributed by atoms with Gasteiger partial charge in [-0.25, -0.2) is 10.2 Å². The fraction of sp³-hybridized carbons (Fsp3) is 0.0667. The summed E-state index contributed by atoms with van der Waals surface area (Å²) in [6.07, 6.45) is 1.43. The Kier molecular flexibility index (Phi) is 9.51. The number of nitrogens with zero attached hydrogens (tertiary/aromatic N) is 1. The van der Waals surface area contributed by atoms with Crippen molar-refractivity contribution in [2.45, 2.75) is 6.92 Å². The first kappa shape index (κ1) is 28.4. The smallest absolute Gasteiger partial charge is 0.343 e. The molecule has 10 heteroatoms. The van der Waals surface area contributed by atoms with Crippen LogP contribution in [-0.4, -0.2) is 30.6 Å². The van der Waals surface area contributed by atoms with Gasteiger partial charge in [-0.2, -0.15) is 5.10 Å². The number of rotatable bonds is 9. The number of anilines is 1. The zero-order valence-corrected chi connectivity index (χ0v) is 22.7. The summed E-state index contributed by atoms with van der Waals surface area (Å²) >= 11 is 11.7. The number of esters is 1. The van der Waals surface area contributed by atoms with E-state index in [0.29, 0.717) is 50.3 Å². The van der Waals surface area contributed by atoms with E-state index in [1.807, 2.05) is 0 Å². The van der Waals surface area contributed by atoms with Gasteiger partial charge in [0, 0.05) is 26.9 Å². The first-order valence-electron chi connectivity index (χ1n) is 12.1. The summed E-state index contributed by atoms with van der Waals surface area (Å²) in [6.45, 7) is 2.14. The average Bonchev–Trinajstić information content (AvgIpc) is 2.95. The number of hydrogen-bond acceptors (Lipinski definition) is 6. The van der Waals surface area contributed by atoms with Crippen molar-refractivity contribution in [2.75, 3.05) is 11.9 Å². The third-order valence-corrected chi connectivity index (χ3v) is 5.92. The van der Waals surface area contributed by atoms with Crippen LogP contribution in [-0.2, 0) is 0 Å². The normalized spacial score (nSPS) is 10.7. The quantitative estimate of drug-likeness (QED) is 0.101. The summed E-state index contributed by atoms with van der Waals surface area (Å²) < 4.78 is 11.1. The Balaban J connectivity index is 1.39. The molecule has 4 aromatic rings. The molecule has 0 radical (unpaired) electrons. The number of carbonyl (C=O) groups excluding carboxylic acids is 3. The number of hydrazone groups is 1. The van der Waals surface area contributed by atoms with Gasteiger partial charge >= 0.3 is 5.97 Å². The second kappa shape index (κ2) is 13.4. The number of benzene rings is 4. The van der Waals surface area contributed by atoms with E-state index in [0.717, 1.165) is 0 Å². The maximum absolute atomic E-state index is 12.6. The highest BCUT2D eigenvalue weighted by molar-refractivity contribution is 6.31. The second-order valence-electron chi connectivity index (χ2n) is 8.28. The van der Waals surface area contributed by atoms with E-state index in [4.69, 9.17) is 32.7 Å². The van der Waals surface area contributed by atoms with Crippen LogP contribution in [0.5, 0.6) is 11.5 Å². The molecule has 0 aliphatic carbocycles. The van der Waals surface area contributed by atoms with Gasteiger partial charge in [0.25, 0.3) is 11.8 Å². The topological polar surface area (TPSA) is 106 Å². The third kappa shape index (κ3) is 7.69. The lowest BCUT2D eigenvalue weighted by Crippen LogP contribution is -2.18. The monoisotopic (exact) mass is 575 g/mol. The van der Waals surface area contributed by atoms with E-state index in [2.05, 4.69) is 15.8 Å². The van der Waals surface area contributed by atoms with Gasteiger partial charge in [0.05, 0.1) is 18.4 Å². The van der Waals surface area contributed by atoms with Crippen molar-refractivity contribution in [2.24, 2.45) is 5.10 Å². The summed E-state index contributed by atoms with van der Waals surface area (Å²) in [5.41, 5.74) is 4.57. The highest BCUT2D eigenvalue weighted by atomic mass is 35.5. The SMILES string of the molecule is CCOc1cc(C=NNC(=O)c2cccc(NC(=O)c3ccc(Cl)cc3)c2)ccc1OC(=O)c1ccc(Cl)cc1. The first-order valence-corrected chi connectivity index (χ1v) is 12.8. The molecule has 0 heterocycles.